The van der Waals surface area contributed by atoms with Crippen molar-refractivity contribution >= 4 is 5.91 Å². The summed E-state index contributed by atoms with van der Waals surface area (Å²) in [6.07, 6.45) is 57.8. The van der Waals surface area contributed by atoms with Crippen molar-refractivity contribution in [1.82, 2.24) is 5.32 Å². The molecule has 12 N–H and O–H groups in total. The smallest absolute Gasteiger partial charge is 0.220 e. The van der Waals surface area contributed by atoms with Gasteiger partial charge < -0.3 is 89.9 Å². The number of allylic oxidation sites excluding steroid dienone is 17. The summed E-state index contributed by atoms with van der Waals surface area (Å²) < 4.78 is 34.4. The van der Waals surface area contributed by atoms with Crippen LogP contribution >= 0.6 is 0 Å². The molecule has 17 unspecified atom stereocenters. The third kappa shape index (κ3) is 41.8. The number of aliphatic hydroxyl groups excluding tert-OH is 11. The number of nitrogens with one attached hydrogen (secondary N) is 1. The van der Waals surface area contributed by atoms with Gasteiger partial charge >= 0.3 is 0 Å². The SMILES string of the molecule is CC/C=C\C/C=C\C/C=C\C/C=C\C/C=C\C/C=C\C/C=C\C/C=C\CCCCCCCCCCCCCCCCC(=O)NC(COC1OC(CO)C(OC2OC(CO)C(OC3OC(CO)C(O)C(O)C3O)C(O)C2O)C(O)C1O)C(O)/C=C/CCCCCCCCCCCCCCCCC. The molecule has 17 atom stereocenters. The van der Waals surface area contributed by atoms with Gasteiger partial charge in [0, 0.05) is 6.42 Å². The molecule has 582 valence electrons. The first-order chi connectivity index (χ1) is 49.3. The summed E-state index contributed by atoms with van der Waals surface area (Å²) in [6, 6.07) is -0.979. The molecule has 3 fully saturated rings. The molecule has 0 aromatic carbocycles. The monoisotopic (exact) mass is 1430 g/mol. The van der Waals surface area contributed by atoms with Crippen molar-refractivity contribution in [3.05, 3.63) is 109 Å². The van der Waals surface area contributed by atoms with E-state index >= 15 is 0 Å². The lowest BCUT2D eigenvalue weighted by atomic mass is 9.96. The number of unbranched alkanes of at least 4 members (excludes halogenated alkanes) is 29. The number of hydrogen-bond acceptors (Lipinski definition) is 18. The lowest BCUT2D eigenvalue weighted by Crippen LogP contribution is -2.66. The van der Waals surface area contributed by atoms with Crippen molar-refractivity contribution in [3.63, 3.8) is 0 Å². The van der Waals surface area contributed by atoms with E-state index in [1.54, 1.807) is 6.08 Å². The molecule has 3 saturated heterocycles. The molecule has 3 rings (SSSR count). The van der Waals surface area contributed by atoms with Crippen LogP contribution in [0.25, 0.3) is 0 Å². The average molecular weight is 1430 g/mol. The highest BCUT2D eigenvalue weighted by molar-refractivity contribution is 5.76. The van der Waals surface area contributed by atoms with Crippen LogP contribution in [0.4, 0.5) is 0 Å². The molecular formula is C82H141NO18. The van der Waals surface area contributed by atoms with Crippen LogP contribution in [-0.4, -0.2) is 193 Å². The quantitative estimate of drug-likeness (QED) is 0.0199. The standard InChI is InChI=1S/C82H141NO18/c1-3-5-7-9-11-13-15-17-19-21-22-23-24-25-26-27-28-29-30-31-32-33-34-35-36-37-38-39-40-41-42-44-46-48-50-52-54-56-58-60-70(88)83-65(66(87)59-57-55-53-51-49-47-45-43-20-18-16-14-12-10-8-6-4-2)64-96-80-76(94)73(91)78(68(62-85)98-80)101-82-77(95)74(92)79(69(63-86)99-82)100-81-75(93)72(90)71(89)67(61-84)97-81/h5,7,11,13,17,19,22-23,25-26,28-29,31-32,34-35,57,59,65-69,71-82,84-87,89-95H,3-4,6,8-10,12,14-16,18,20-21,24,27,30,33,36-56,58,60-64H2,1-2H3,(H,83,88)/b7-5-,13-11-,19-17-,23-22-,26-25-,29-28-,32-31-,35-34-,59-57+. The number of rotatable bonds is 61. The zero-order valence-corrected chi connectivity index (χ0v) is 62.1. The van der Waals surface area contributed by atoms with Gasteiger partial charge in [-0.3, -0.25) is 4.79 Å². The Hall–Kier alpha value is -3.55. The van der Waals surface area contributed by atoms with Gasteiger partial charge in [-0.15, -0.1) is 0 Å². The van der Waals surface area contributed by atoms with Gasteiger partial charge in [0.1, 0.15) is 73.2 Å². The van der Waals surface area contributed by atoms with E-state index in [0.29, 0.717) is 6.42 Å². The highest BCUT2D eigenvalue weighted by Crippen LogP contribution is 2.33. The Balaban J connectivity index is 1.33. The first-order valence-corrected chi connectivity index (χ1v) is 39.6. The van der Waals surface area contributed by atoms with Crippen molar-refractivity contribution in [2.75, 3.05) is 26.4 Å². The van der Waals surface area contributed by atoms with Crippen LogP contribution in [0.2, 0.25) is 0 Å². The van der Waals surface area contributed by atoms with E-state index < -0.39 is 124 Å². The fourth-order valence-corrected chi connectivity index (χ4v) is 12.7. The van der Waals surface area contributed by atoms with E-state index in [9.17, 15) is 61.0 Å². The van der Waals surface area contributed by atoms with Crippen molar-refractivity contribution in [2.45, 2.75) is 375 Å². The van der Waals surface area contributed by atoms with Crippen molar-refractivity contribution in [2.24, 2.45) is 0 Å². The second kappa shape index (κ2) is 61.6. The van der Waals surface area contributed by atoms with E-state index in [4.69, 9.17) is 28.4 Å². The summed E-state index contributed by atoms with van der Waals surface area (Å²) >= 11 is 0. The summed E-state index contributed by atoms with van der Waals surface area (Å²) in [5.41, 5.74) is 0. The Labute approximate surface area is 608 Å². The van der Waals surface area contributed by atoms with Gasteiger partial charge in [0.2, 0.25) is 5.91 Å². The summed E-state index contributed by atoms with van der Waals surface area (Å²) in [4.78, 5) is 13.5. The maximum atomic E-state index is 13.5. The number of carbonyl (C=O) groups excluding carboxylic acids is 1. The highest BCUT2D eigenvalue weighted by atomic mass is 16.8. The average Bonchev–Trinajstić information content (AvgIpc) is 0.792. The summed E-state index contributed by atoms with van der Waals surface area (Å²) in [7, 11) is 0. The molecular weight excluding hydrogens is 1290 g/mol. The van der Waals surface area contributed by atoms with Gasteiger partial charge in [-0.05, 0) is 83.5 Å². The molecule has 0 radical (unpaired) electrons. The minimum absolute atomic E-state index is 0.238. The van der Waals surface area contributed by atoms with Gasteiger partial charge in [0.15, 0.2) is 18.9 Å². The normalized spacial score (nSPS) is 26.9. The zero-order valence-electron chi connectivity index (χ0n) is 62.1. The molecule has 101 heavy (non-hydrogen) atoms. The number of amides is 1. The lowest BCUT2D eigenvalue weighted by molar-refractivity contribution is -0.379. The molecule has 0 spiro atoms. The Morgan fingerprint density at radius 2 is 0.683 bits per heavy atom. The molecule has 3 aliphatic heterocycles. The summed E-state index contributed by atoms with van der Waals surface area (Å²) in [6.45, 7) is 1.63. The molecule has 3 heterocycles. The van der Waals surface area contributed by atoms with Gasteiger partial charge in [-0.2, -0.15) is 0 Å². The predicted molar refractivity (Wildman–Crippen MR) is 401 cm³/mol. The van der Waals surface area contributed by atoms with E-state index in [0.717, 1.165) is 103 Å². The molecule has 0 aromatic heterocycles. The Morgan fingerprint density at radius 3 is 1.07 bits per heavy atom. The van der Waals surface area contributed by atoms with Crippen LogP contribution in [0.3, 0.4) is 0 Å². The molecule has 0 saturated carbocycles. The van der Waals surface area contributed by atoms with Crippen molar-refractivity contribution < 1.29 is 89.4 Å². The minimum Gasteiger partial charge on any atom is -0.394 e. The molecule has 3 aliphatic rings. The van der Waals surface area contributed by atoms with E-state index in [2.05, 4.69) is 116 Å². The third-order valence-corrected chi connectivity index (χ3v) is 19.1. The molecule has 0 bridgehead atoms. The third-order valence-electron chi connectivity index (χ3n) is 19.1. The molecule has 0 aliphatic carbocycles. The van der Waals surface area contributed by atoms with E-state index in [1.165, 1.54) is 141 Å². The van der Waals surface area contributed by atoms with E-state index in [-0.39, 0.29) is 18.9 Å². The maximum Gasteiger partial charge on any atom is 0.220 e. The Bertz CT molecular complexity index is 2250. The van der Waals surface area contributed by atoms with Gasteiger partial charge in [0.05, 0.1) is 38.6 Å². The topological polar surface area (TPSA) is 307 Å². The number of carbonyl (C=O) groups is 1. The number of aliphatic hydroxyl groups is 11. The van der Waals surface area contributed by atoms with Gasteiger partial charge in [0.25, 0.3) is 0 Å². The molecule has 0 aromatic rings. The summed E-state index contributed by atoms with van der Waals surface area (Å²) in [5.74, 6) is -0.278. The Kier molecular flexibility index (Phi) is 55.9. The second-order valence-corrected chi connectivity index (χ2v) is 27.8. The first-order valence-electron chi connectivity index (χ1n) is 39.6. The van der Waals surface area contributed by atoms with Crippen LogP contribution in [0.5, 0.6) is 0 Å². The highest BCUT2D eigenvalue weighted by Gasteiger charge is 2.53. The van der Waals surface area contributed by atoms with Crippen LogP contribution in [0, 0.1) is 0 Å². The van der Waals surface area contributed by atoms with Crippen molar-refractivity contribution in [3.8, 4) is 0 Å². The van der Waals surface area contributed by atoms with E-state index in [1.807, 2.05) is 6.08 Å². The number of hydrogen-bond donors (Lipinski definition) is 12. The predicted octanol–water partition coefficient (Wildman–Crippen LogP) is 12.9. The van der Waals surface area contributed by atoms with Crippen LogP contribution in [0.15, 0.2) is 109 Å². The second-order valence-electron chi connectivity index (χ2n) is 27.8. The Morgan fingerprint density at radius 1 is 0.366 bits per heavy atom. The first kappa shape index (κ1) is 91.7. The van der Waals surface area contributed by atoms with Crippen LogP contribution in [0.1, 0.15) is 271 Å². The number of ether oxygens (including phenoxy) is 6. The van der Waals surface area contributed by atoms with Crippen molar-refractivity contribution in [1.29, 1.82) is 0 Å². The molecule has 19 heteroatoms. The van der Waals surface area contributed by atoms with Gasteiger partial charge in [-0.25, -0.2) is 0 Å². The lowest BCUT2D eigenvalue weighted by Gasteiger charge is -2.48. The fraction of sp³-hybridized carbons (Fsp3) is 0.768. The zero-order chi connectivity index (χ0) is 73.2. The molecule has 19 nitrogen and oxygen atoms in total. The summed E-state index contributed by atoms with van der Waals surface area (Å²) in [5, 5.41) is 121. The maximum absolute atomic E-state index is 13.5. The largest absolute Gasteiger partial charge is 0.394 e. The van der Waals surface area contributed by atoms with Crippen LogP contribution < -0.4 is 5.32 Å². The minimum atomic E-state index is -1.98. The fourth-order valence-electron chi connectivity index (χ4n) is 12.7. The molecule has 1 amide bonds. The van der Waals surface area contributed by atoms with Crippen LogP contribution in [-0.2, 0) is 33.2 Å². The van der Waals surface area contributed by atoms with Gasteiger partial charge in [-0.1, -0.05) is 290 Å².